The van der Waals surface area contributed by atoms with Crippen LogP contribution in [-0.4, -0.2) is 36.0 Å². The quantitative estimate of drug-likeness (QED) is 0.487. The first-order valence-corrected chi connectivity index (χ1v) is 4.35. The second-order valence-corrected chi connectivity index (χ2v) is 3.20. The molecule has 1 heterocycles. The van der Waals surface area contributed by atoms with Gasteiger partial charge in [0.15, 0.2) is 0 Å². The number of primary amides is 1. The van der Waals surface area contributed by atoms with Gasteiger partial charge in [0.1, 0.15) is 6.61 Å². The van der Waals surface area contributed by atoms with Gasteiger partial charge in [-0.1, -0.05) is 0 Å². The molecule has 1 rings (SSSR count). The zero-order valence-electron chi connectivity index (χ0n) is 7.75. The molecule has 0 aromatic rings. The van der Waals surface area contributed by atoms with E-state index < -0.39 is 6.09 Å². The molecule has 0 spiro atoms. The van der Waals surface area contributed by atoms with Crippen molar-refractivity contribution >= 4 is 11.9 Å². The Kier molecular flexibility index (Phi) is 3.11. The first-order chi connectivity index (χ1) is 6.11. The molecule has 1 aliphatic heterocycles. The molecule has 1 saturated heterocycles. The highest BCUT2D eigenvalue weighted by atomic mass is 16.5. The van der Waals surface area contributed by atoms with Crippen molar-refractivity contribution in [2.75, 3.05) is 13.2 Å². The SMILES string of the molecule is CC(=N)N1CCCC1COC(N)=O. The lowest BCUT2D eigenvalue weighted by Crippen LogP contribution is -2.37. The highest BCUT2D eigenvalue weighted by Crippen LogP contribution is 2.17. The second kappa shape index (κ2) is 4.11. The van der Waals surface area contributed by atoms with E-state index in [1.807, 2.05) is 4.90 Å². The van der Waals surface area contributed by atoms with E-state index in [1.165, 1.54) is 0 Å². The van der Waals surface area contributed by atoms with Crippen LogP contribution in [-0.2, 0) is 4.74 Å². The van der Waals surface area contributed by atoms with Crippen molar-refractivity contribution in [1.82, 2.24) is 4.90 Å². The number of carbonyl (C=O) groups excluding carboxylic acids is 1. The summed E-state index contributed by atoms with van der Waals surface area (Å²) in [6, 6.07) is 0.144. The number of likely N-dealkylation sites (tertiary alicyclic amines) is 1. The summed E-state index contributed by atoms with van der Waals surface area (Å²) < 4.78 is 4.71. The number of ether oxygens (including phenoxy) is 1. The van der Waals surface area contributed by atoms with E-state index in [4.69, 9.17) is 15.9 Å². The summed E-state index contributed by atoms with van der Waals surface area (Å²) >= 11 is 0. The van der Waals surface area contributed by atoms with E-state index in [0.717, 1.165) is 19.4 Å². The van der Waals surface area contributed by atoms with Gasteiger partial charge in [-0.3, -0.25) is 5.41 Å². The van der Waals surface area contributed by atoms with E-state index in [-0.39, 0.29) is 6.04 Å². The fourth-order valence-corrected chi connectivity index (χ4v) is 1.63. The van der Waals surface area contributed by atoms with Crippen LogP contribution < -0.4 is 5.73 Å². The Morgan fingerprint density at radius 1 is 1.77 bits per heavy atom. The highest BCUT2D eigenvalue weighted by Gasteiger charge is 2.25. The van der Waals surface area contributed by atoms with Gasteiger partial charge in [-0.25, -0.2) is 4.79 Å². The monoisotopic (exact) mass is 185 g/mol. The summed E-state index contributed by atoms with van der Waals surface area (Å²) in [6.45, 7) is 2.91. The lowest BCUT2D eigenvalue weighted by Gasteiger charge is -2.24. The Balaban J connectivity index is 2.39. The number of carbonyl (C=O) groups is 1. The standard InChI is InChI=1S/C8H15N3O2/c1-6(9)11-4-2-3-7(11)5-13-8(10)12/h7,9H,2-5H2,1H3,(H2,10,12). The Labute approximate surface area is 77.3 Å². The minimum Gasteiger partial charge on any atom is -0.448 e. The minimum atomic E-state index is -0.741. The molecule has 1 amide bonds. The van der Waals surface area contributed by atoms with Gasteiger partial charge < -0.3 is 15.4 Å². The number of nitrogens with one attached hydrogen (secondary N) is 1. The maximum absolute atomic E-state index is 10.4. The van der Waals surface area contributed by atoms with Crippen molar-refractivity contribution in [2.45, 2.75) is 25.8 Å². The number of hydrogen-bond acceptors (Lipinski definition) is 3. The third-order valence-electron chi connectivity index (χ3n) is 2.23. The van der Waals surface area contributed by atoms with Crippen molar-refractivity contribution in [3.8, 4) is 0 Å². The van der Waals surface area contributed by atoms with Crippen molar-refractivity contribution in [3.63, 3.8) is 0 Å². The molecular weight excluding hydrogens is 170 g/mol. The number of amides is 1. The summed E-state index contributed by atoms with van der Waals surface area (Å²) in [4.78, 5) is 12.3. The predicted molar refractivity (Wildman–Crippen MR) is 48.7 cm³/mol. The van der Waals surface area contributed by atoms with E-state index in [1.54, 1.807) is 6.92 Å². The summed E-state index contributed by atoms with van der Waals surface area (Å²) in [5, 5.41) is 7.46. The average Bonchev–Trinajstić information content (AvgIpc) is 2.47. The molecule has 1 fully saturated rings. The van der Waals surface area contributed by atoms with Gasteiger partial charge in [0.05, 0.1) is 11.9 Å². The van der Waals surface area contributed by atoms with Crippen molar-refractivity contribution < 1.29 is 9.53 Å². The topological polar surface area (TPSA) is 79.4 Å². The summed E-state index contributed by atoms with van der Waals surface area (Å²) in [7, 11) is 0. The zero-order valence-corrected chi connectivity index (χ0v) is 7.75. The molecule has 74 valence electrons. The summed E-state index contributed by atoms with van der Waals surface area (Å²) in [6.07, 6.45) is 1.27. The molecule has 0 aromatic carbocycles. The summed E-state index contributed by atoms with van der Waals surface area (Å²) in [5.74, 6) is 0.524. The number of rotatable bonds is 2. The fraction of sp³-hybridized carbons (Fsp3) is 0.750. The van der Waals surface area contributed by atoms with E-state index in [9.17, 15) is 4.79 Å². The molecule has 1 unspecified atom stereocenters. The second-order valence-electron chi connectivity index (χ2n) is 3.20. The number of hydrogen-bond donors (Lipinski definition) is 2. The molecular formula is C8H15N3O2. The molecule has 1 atom stereocenters. The van der Waals surface area contributed by atoms with E-state index in [0.29, 0.717) is 12.4 Å². The first-order valence-electron chi connectivity index (χ1n) is 4.35. The molecule has 5 nitrogen and oxygen atoms in total. The molecule has 0 bridgehead atoms. The van der Waals surface area contributed by atoms with Crippen LogP contribution in [0.4, 0.5) is 4.79 Å². The van der Waals surface area contributed by atoms with Crippen LogP contribution >= 0.6 is 0 Å². The van der Waals surface area contributed by atoms with Crippen LogP contribution in [0.1, 0.15) is 19.8 Å². The van der Waals surface area contributed by atoms with Gasteiger partial charge in [0, 0.05) is 6.54 Å². The molecule has 13 heavy (non-hydrogen) atoms. The number of nitrogens with two attached hydrogens (primary N) is 1. The molecule has 0 aromatic heterocycles. The molecule has 0 aliphatic carbocycles. The third kappa shape index (κ3) is 2.61. The van der Waals surface area contributed by atoms with E-state index in [2.05, 4.69) is 0 Å². The lowest BCUT2D eigenvalue weighted by molar-refractivity contribution is 0.132. The van der Waals surface area contributed by atoms with Gasteiger partial charge in [-0.05, 0) is 19.8 Å². The molecule has 1 aliphatic rings. The first kappa shape index (κ1) is 9.83. The van der Waals surface area contributed by atoms with Crippen LogP contribution in [0.3, 0.4) is 0 Å². The fourth-order valence-electron chi connectivity index (χ4n) is 1.63. The highest BCUT2D eigenvalue weighted by molar-refractivity contribution is 5.77. The third-order valence-corrected chi connectivity index (χ3v) is 2.23. The molecule has 3 N–H and O–H groups in total. The van der Waals surface area contributed by atoms with Gasteiger partial charge in [-0.15, -0.1) is 0 Å². The average molecular weight is 185 g/mol. The van der Waals surface area contributed by atoms with Crippen LogP contribution in [0.2, 0.25) is 0 Å². The van der Waals surface area contributed by atoms with E-state index >= 15 is 0 Å². The van der Waals surface area contributed by atoms with Gasteiger partial charge >= 0.3 is 6.09 Å². The van der Waals surface area contributed by atoms with Gasteiger partial charge in [-0.2, -0.15) is 0 Å². The van der Waals surface area contributed by atoms with Crippen LogP contribution in [0.5, 0.6) is 0 Å². The normalized spacial score (nSPS) is 21.6. The Bertz CT molecular complexity index is 217. The predicted octanol–water partition coefficient (Wildman–Crippen LogP) is 0.543. The molecule has 0 radical (unpaired) electrons. The Morgan fingerprint density at radius 3 is 3.00 bits per heavy atom. The summed E-state index contributed by atoms with van der Waals surface area (Å²) in [5.41, 5.74) is 4.86. The van der Waals surface area contributed by atoms with Gasteiger partial charge in [0.25, 0.3) is 0 Å². The molecule has 0 saturated carbocycles. The van der Waals surface area contributed by atoms with Crippen molar-refractivity contribution in [3.05, 3.63) is 0 Å². The number of nitrogens with zero attached hydrogens (tertiary/aromatic N) is 1. The van der Waals surface area contributed by atoms with Crippen LogP contribution in [0, 0.1) is 5.41 Å². The maximum Gasteiger partial charge on any atom is 0.404 e. The van der Waals surface area contributed by atoms with Crippen molar-refractivity contribution in [1.29, 1.82) is 5.41 Å². The van der Waals surface area contributed by atoms with Gasteiger partial charge in [0.2, 0.25) is 0 Å². The zero-order chi connectivity index (χ0) is 9.84. The molecule has 5 heteroatoms. The lowest BCUT2D eigenvalue weighted by atomic mass is 10.2. The minimum absolute atomic E-state index is 0.144. The number of amidine groups is 1. The Morgan fingerprint density at radius 2 is 2.46 bits per heavy atom. The maximum atomic E-state index is 10.4. The Hall–Kier alpha value is -1.26. The van der Waals surface area contributed by atoms with Crippen LogP contribution in [0.25, 0.3) is 0 Å². The van der Waals surface area contributed by atoms with Crippen molar-refractivity contribution in [2.24, 2.45) is 5.73 Å². The smallest absolute Gasteiger partial charge is 0.404 e. The van der Waals surface area contributed by atoms with Crippen LogP contribution in [0.15, 0.2) is 0 Å². The largest absolute Gasteiger partial charge is 0.448 e.